The molecule has 2 aliphatic rings. The lowest BCUT2D eigenvalue weighted by molar-refractivity contribution is -0.0508. The summed E-state index contributed by atoms with van der Waals surface area (Å²) in [6, 6.07) is 12.0. The van der Waals surface area contributed by atoms with Gasteiger partial charge in [0.2, 0.25) is 10.0 Å². The fraction of sp³-hybridized carbons (Fsp3) is 0.500. The molecule has 0 unspecified atom stereocenters. The molecule has 192 valence electrons. The van der Waals surface area contributed by atoms with Gasteiger partial charge in [0.05, 0.1) is 9.79 Å². The topological polar surface area (TPSA) is 84.0 Å². The van der Waals surface area contributed by atoms with Crippen LogP contribution in [-0.2, 0) is 26.4 Å². The normalized spacial score (nSPS) is 18.3. The van der Waals surface area contributed by atoms with E-state index >= 15 is 0 Å². The molecule has 1 aliphatic carbocycles. The van der Waals surface area contributed by atoms with Gasteiger partial charge in [0, 0.05) is 44.0 Å². The Morgan fingerprint density at radius 2 is 1.63 bits per heavy atom. The third kappa shape index (κ3) is 6.58. The number of sulfone groups is 1. The molecule has 11 heteroatoms. The average Bonchev–Trinajstić information content (AvgIpc) is 3.63. The van der Waals surface area contributed by atoms with Crippen molar-refractivity contribution in [2.45, 2.75) is 54.7 Å². The van der Waals surface area contributed by atoms with Crippen molar-refractivity contribution in [2.24, 2.45) is 5.92 Å². The van der Waals surface area contributed by atoms with Gasteiger partial charge in [-0.05, 0) is 55.9 Å². The summed E-state index contributed by atoms with van der Waals surface area (Å²) in [5.74, 6) is 0.465. The minimum atomic E-state index is -3.89. The number of likely N-dealkylation sites (tertiary alicyclic amines) is 1. The van der Waals surface area contributed by atoms with Crippen LogP contribution in [0.25, 0.3) is 0 Å². The maximum atomic E-state index is 13.6. The van der Waals surface area contributed by atoms with Crippen molar-refractivity contribution in [1.29, 1.82) is 0 Å². The molecule has 1 saturated heterocycles. The molecule has 0 atom stereocenters. The Morgan fingerprint density at radius 1 is 0.971 bits per heavy atom. The molecule has 2 aromatic carbocycles. The van der Waals surface area contributed by atoms with E-state index in [0.29, 0.717) is 50.5 Å². The van der Waals surface area contributed by atoms with E-state index in [1.807, 2.05) is 0 Å². The van der Waals surface area contributed by atoms with E-state index in [2.05, 4.69) is 9.64 Å². The number of hydrogen-bond donors (Lipinski definition) is 0. The molecule has 1 aliphatic heterocycles. The molecular weight excluding hydrogens is 498 g/mol. The number of ether oxygens (including phenoxy) is 1. The zero-order valence-corrected chi connectivity index (χ0v) is 21.1. The van der Waals surface area contributed by atoms with Crippen LogP contribution in [0.2, 0.25) is 0 Å². The standard InChI is InChI=1S/C24H30F2N2O5S2/c1-34(29,30)21-6-4-7-22(15-21)35(31,32)28(16-18-9-10-18)20-11-13-27(14-12-20)17-19-5-2-3-8-23(19)33-24(25)26/h2-8,15,18,20,24H,9-14,16-17H2,1H3. The first kappa shape index (κ1) is 26.0. The number of para-hydroxylation sites is 1. The van der Waals surface area contributed by atoms with E-state index in [9.17, 15) is 25.6 Å². The highest BCUT2D eigenvalue weighted by Gasteiger charge is 2.38. The van der Waals surface area contributed by atoms with Crippen LogP contribution in [0.4, 0.5) is 8.78 Å². The Bertz CT molecular complexity index is 1240. The Balaban J connectivity index is 1.49. The summed E-state index contributed by atoms with van der Waals surface area (Å²) in [7, 11) is -7.43. The molecule has 0 aromatic heterocycles. The first-order valence-electron chi connectivity index (χ1n) is 11.6. The summed E-state index contributed by atoms with van der Waals surface area (Å²) in [5, 5.41) is 0. The summed E-state index contributed by atoms with van der Waals surface area (Å²) in [5.41, 5.74) is 0.659. The largest absolute Gasteiger partial charge is 0.434 e. The molecule has 0 N–H and O–H groups in total. The first-order valence-corrected chi connectivity index (χ1v) is 14.9. The maximum Gasteiger partial charge on any atom is 0.387 e. The third-order valence-electron chi connectivity index (χ3n) is 6.52. The number of rotatable bonds is 10. The zero-order chi connectivity index (χ0) is 25.2. The van der Waals surface area contributed by atoms with Crippen LogP contribution in [0.15, 0.2) is 58.3 Å². The van der Waals surface area contributed by atoms with Crippen LogP contribution < -0.4 is 4.74 Å². The Morgan fingerprint density at radius 3 is 2.26 bits per heavy atom. The van der Waals surface area contributed by atoms with Crippen LogP contribution in [-0.4, -0.2) is 64.6 Å². The van der Waals surface area contributed by atoms with Gasteiger partial charge in [-0.2, -0.15) is 13.1 Å². The van der Waals surface area contributed by atoms with Crippen molar-refractivity contribution in [3.05, 3.63) is 54.1 Å². The Labute approximate surface area is 205 Å². The number of benzene rings is 2. The second-order valence-corrected chi connectivity index (χ2v) is 13.2. The van der Waals surface area contributed by atoms with Crippen molar-refractivity contribution in [2.75, 3.05) is 25.9 Å². The lowest BCUT2D eigenvalue weighted by Gasteiger charge is -2.38. The van der Waals surface area contributed by atoms with Gasteiger partial charge < -0.3 is 4.74 Å². The molecule has 2 fully saturated rings. The molecule has 35 heavy (non-hydrogen) atoms. The van der Waals surface area contributed by atoms with E-state index in [0.717, 1.165) is 19.1 Å². The third-order valence-corrected chi connectivity index (χ3v) is 9.55. The van der Waals surface area contributed by atoms with Crippen LogP contribution in [0.3, 0.4) is 0 Å². The summed E-state index contributed by atoms with van der Waals surface area (Å²) >= 11 is 0. The van der Waals surface area contributed by atoms with Crippen molar-refractivity contribution in [1.82, 2.24) is 9.21 Å². The molecule has 0 amide bonds. The number of sulfonamides is 1. The van der Waals surface area contributed by atoms with Crippen molar-refractivity contribution < 1.29 is 30.4 Å². The molecule has 2 aromatic rings. The van der Waals surface area contributed by atoms with Gasteiger partial charge in [-0.3, -0.25) is 4.90 Å². The molecule has 7 nitrogen and oxygen atoms in total. The van der Waals surface area contributed by atoms with Crippen LogP contribution in [0.5, 0.6) is 5.75 Å². The summed E-state index contributed by atoms with van der Waals surface area (Å²) in [4.78, 5) is 2.07. The lowest BCUT2D eigenvalue weighted by atomic mass is 10.0. The van der Waals surface area contributed by atoms with Crippen molar-refractivity contribution in [3.8, 4) is 5.75 Å². The molecule has 1 heterocycles. The van der Waals surface area contributed by atoms with E-state index < -0.39 is 26.5 Å². The minimum absolute atomic E-state index is 0.0124. The van der Waals surface area contributed by atoms with Gasteiger partial charge in [0.25, 0.3) is 0 Å². The van der Waals surface area contributed by atoms with Gasteiger partial charge in [-0.15, -0.1) is 0 Å². The van der Waals surface area contributed by atoms with E-state index in [-0.39, 0.29) is 21.6 Å². The smallest absolute Gasteiger partial charge is 0.387 e. The fourth-order valence-electron chi connectivity index (χ4n) is 4.45. The number of alkyl halides is 2. The molecule has 0 spiro atoms. The van der Waals surface area contributed by atoms with Gasteiger partial charge >= 0.3 is 6.61 Å². The van der Waals surface area contributed by atoms with E-state index in [1.54, 1.807) is 22.5 Å². The van der Waals surface area contributed by atoms with Crippen LogP contribution in [0.1, 0.15) is 31.2 Å². The SMILES string of the molecule is CS(=O)(=O)c1cccc(S(=O)(=O)N(CC2CC2)C2CCN(Cc3ccccc3OC(F)F)CC2)c1. The fourth-order valence-corrected chi connectivity index (χ4v) is 7.00. The Kier molecular flexibility index (Phi) is 7.80. The van der Waals surface area contributed by atoms with Crippen molar-refractivity contribution >= 4 is 19.9 Å². The monoisotopic (exact) mass is 528 g/mol. The second-order valence-electron chi connectivity index (χ2n) is 9.26. The number of halogens is 2. The number of hydrogen-bond acceptors (Lipinski definition) is 6. The van der Waals surface area contributed by atoms with E-state index in [4.69, 9.17) is 0 Å². The molecule has 4 rings (SSSR count). The quantitative estimate of drug-likeness (QED) is 0.467. The van der Waals surface area contributed by atoms with Crippen LogP contribution >= 0.6 is 0 Å². The van der Waals surface area contributed by atoms with Gasteiger partial charge in [0.1, 0.15) is 5.75 Å². The molecule has 1 saturated carbocycles. The summed E-state index contributed by atoms with van der Waals surface area (Å²) < 4.78 is 82.9. The highest BCUT2D eigenvalue weighted by molar-refractivity contribution is 7.91. The number of nitrogens with zero attached hydrogens (tertiary/aromatic N) is 2. The lowest BCUT2D eigenvalue weighted by Crippen LogP contribution is -2.47. The molecule has 0 radical (unpaired) electrons. The molecular formula is C24H30F2N2O5S2. The van der Waals surface area contributed by atoms with Gasteiger partial charge in [-0.1, -0.05) is 24.3 Å². The van der Waals surface area contributed by atoms with Crippen molar-refractivity contribution in [3.63, 3.8) is 0 Å². The first-order chi connectivity index (χ1) is 16.5. The van der Waals surface area contributed by atoms with E-state index in [1.165, 1.54) is 30.3 Å². The zero-order valence-electron chi connectivity index (χ0n) is 19.5. The predicted octanol–water partition coefficient (Wildman–Crippen LogP) is 3.76. The summed E-state index contributed by atoms with van der Waals surface area (Å²) in [6.07, 6.45) is 4.20. The molecule has 0 bridgehead atoms. The second kappa shape index (κ2) is 10.5. The maximum absolute atomic E-state index is 13.6. The summed E-state index contributed by atoms with van der Waals surface area (Å²) in [6.45, 7) is -0.839. The predicted molar refractivity (Wildman–Crippen MR) is 128 cm³/mol. The highest BCUT2D eigenvalue weighted by atomic mass is 32.2. The number of piperidine rings is 1. The van der Waals surface area contributed by atoms with Gasteiger partial charge in [0.15, 0.2) is 9.84 Å². The average molecular weight is 529 g/mol. The Hall–Kier alpha value is -2.08. The highest BCUT2D eigenvalue weighted by Crippen LogP contribution is 2.35. The van der Waals surface area contributed by atoms with Gasteiger partial charge in [-0.25, -0.2) is 16.8 Å². The minimum Gasteiger partial charge on any atom is -0.434 e. The van der Waals surface area contributed by atoms with Crippen LogP contribution in [0, 0.1) is 5.92 Å².